The molecule has 2 heterocycles. The maximum absolute atomic E-state index is 6.34. The fourth-order valence-corrected chi connectivity index (χ4v) is 8.41. The van der Waals surface area contributed by atoms with Gasteiger partial charge in [0, 0.05) is 23.3 Å². The van der Waals surface area contributed by atoms with Gasteiger partial charge in [0.1, 0.15) is 0 Å². The Morgan fingerprint density at radius 3 is 2.57 bits per heavy atom. The van der Waals surface area contributed by atoms with Gasteiger partial charge in [0.2, 0.25) is 11.9 Å². The number of benzene rings is 2. The topological polar surface area (TPSA) is 97.8 Å². The lowest BCUT2D eigenvalue weighted by molar-refractivity contribution is 0.115. The van der Waals surface area contributed by atoms with Crippen molar-refractivity contribution in [3.63, 3.8) is 0 Å². The molecule has 8 heteroatoms. The molecule has 216 valence electrons. The molecule has 2 fully saturated rings. The first kappa shape index (κ1) is 25.9. The molecule has 4 unspecified atom stereocenters. The van der Waals surface area contributed by atoms with E-state index < -0.39 is 0 Å². The Bertz CT molecular complexity index is 1630. The standard InChI is InChI=1S/C34H40N8/c1-41(30-18-21-9-10-25(30)17-21)28-15-12-22-11-14-27(19-24(22)13-16-28)36-34-37-33(35)42(40-34)31-20-26-7-4-6-23-5-2-3-8-29(23)32(26)39-38-31/h2-3,5,8,11,14,19-21,25,28,30H,4,6-7,9-10,12-13,15-18H2,1H3,(H3,35,36,37,40). The number of nitrogen functional groups attached to an aromatic ring is 1. The molecule has 8 nitrogen and oxygen atoms in total. The Balaban J connectivity index is 0.979. The molecule has 4 aliphatic rings. The number of hydrogen-bond acceptors (Lipinski definition) is 7. The molecule has 3 N–H and O–H groups in total. The summed E-state index contributed by atoms with van der Waals surface area (Å²) < 4.78 is 1.59. The number of nitrogens with zero attached hydrogens (tertiary/aromatic N) is 6. The minimum atomic E-state index is 0.294. The second-order valence-corrected chi connectivity index (χ2v) is 13.0. The van der Waals surface area contributed by atoms with Gasteiger partial charge in [0.05, 0.1) is 5.69 Å². The van der Waals surface area contributed by atoms with Crippen molar-refractivity contribution in [1.82, 2.24) is 29.9 Å². The monoisotopic (exact) mass is 560 g/mol. The molecule has 42 heavy (non-hydrogen) atoms. The van der Waals surface area contributed by atoms with Gasteiger partial charge in [0.25, 0.3) is 0 Å². The lowest BCUT2D eigenvalue weighted by Gasteiger charge is -2.37. The fraction of sp³-hybridized carbons (Fsp3) is 0.471. The number of aryl methyl sites for hydroxylation is 4. The highest BCUT2D eigenvalue weighted by Crippen LogP contribution is 2.47. The van der Waals surface area contributed by atoms with Crippen LogP contribution in [0.5, 0.6) is 0 Å². The molecule has 2 saturated carbocycles. The van der Waals surface area contributed by atoms with Gasteiger partial charge in [0.15, 0.2) is 5.82 Å². The summed E-state index contributed by atoms with van der Waals surface area (Å²) in [6.45, 7) is 0. The van der Waals surface area contributed by atoms with Crippen molar-refractivity contribution >= 4 is 17.6 Å². The van der Waals surface area contributed by atoms with Crippen molar-refractivity contribution < 1.29 is 0 Å². The van der Waals surface area contributed by atoms with Gasteiger partial charge in [-0.15, -0.1) is 15.3 Å². The number of rotatable bonds is 5. The van der Waals surface area contributed by atoms with E-state index in [-0.39, 0.29) is 0 Å². The van der Waals surface area contributed by atoms with Crippen molar-refractivity contribution in [2.75, 3.05) is 18.1 Å². The summed E-state index contributed by atoms with van der Waals surface area (Å²) in [5.41, 5.74) is 14.9. The molecule has 0 aliphatic heterocycles. The summed E-state index contributed by atoms with van der Waals surface area (Å²) in [6.07, 6.45) is 13.6. The SMILES string of the molecule is CN(C1CCc2ccc(Nc3nc(N)n(-c4cc5c(nn4)-c4ccccc4CCC5)n3)cc2CC1)C1CC2CCC1C2. The van der Waals surface area contributed by atoms with Crippen LogP contribution in [0.25, 0.3) is 17.1 Å². The smallest absolute Gasteiger partial charge is 0.248 e. The molecule has 8 rings (SSSR count). The second-order valence-electron chi connectivity index (χ2n) is 13.0. The first-order valence-electron chi connectivity index (χ1n) is 15.9. The molecular weight excluding hydrogens is 520 g/mol. The highest BCUT2D eigenvalue weighted by atomic mass is 15.4. The van der Waals surface area contributed by atoms with Crippen molar-refractivity contribution in [3.8, 4) is 17.1 Å². The van der Waals surface area contributed by atoms with E-state index in [1.807, 2.05) is 0 Å². The number of fused-ring (bicyclic) bond motifs is 6. The molecule has 2 bridgehead atoms. The molecule has 4 aromatic rings. The van der Waals surface area contributed by atoms with Crippen LogP contribution in [0.15, 0.2) is 48.5 Å². The van der Waals surface area contributed by atoms with Crippen molar-refractivity contribution in [3.05, 3.63) is 70.8 Å². The van der Waals surface area contributed by atoms with Crippen LogP contribution in [-0.4, -0.2) is 49.0 Å². The van der Waals surface area contributed by atoms with Gasteiger partial charge in [-0.1, -0.05) is 36.8 Å². The summed E-state index contributed by atoms with van der Waals surface area (Å²) >= 11 is 0. The zero-order valence-corrected chi connectivity index (χ0v) is 24.5. The average molecular weight is 561 g/mol. The molecule has 2 aromatic heterocycles. The fourth-order valence-electron chi connectivity index (χ4n) is 8.41. The normalized spacial score (nSPS) is 24.5. The van der Waals surface area contributed by atoms with Crippen LogP contribution >= 0.6 is 0 Å². The first-order valence-corrected chi connectivity index (χ1v) is 15.9. The quantitative estimate of drug-likeness (QED) is 0.293. The van der Waals surface area contributed by atoms with E-state index in [2.05, 4.69) is 86.1 Å². The molecule has 0 amide bonds. The van der Waals surface area contributed by atoms with E-state index in [9.17, 15) is 0 Å². The first-order chi connectivity index (χ1) is 20.6. The van der Waals surface area contributed by atoms with E-state index in [0.717, 1.165) is 61.4 Å². The predicted molar refractivity (Wildman–Crippen MR) is 166 cm³/mol. The van der Waals surface area contributed by atoms with E-state index in [1.165, 1.54) is 66.3 Å². The summed E-state index contributed by atoms with van der Waals surface area (Å²) in [5, 5.41) is 17.2. The lowest BCUT2D eigenvalue weighted by atomic mass is 9.92. The Morgan fingerprint density at radius 1 is 0.857 bits per heavy atom. The number of nitrogens with one attached hydrogen (secondary N) is 1. The Kier molecular flexibility index (Phi) is 6.47. The van der Waals surface area contributed by atoms with Gasteiger partial charge in [-0.05, 0) is 124 Å². The van der Waals surface area contributed by atoms with E-state index in [1.54, 1.807) is 4.68 Å². The summed E-state index contributed by atoms with van der Waals surface area (Å²) in [4.78, 5) is 7.28. The van der Waals surface area contributed by atoms with Gasteiger partial charge in [-0.25, -0.2) is 0 Å². The van der Waals surface area contributed by atoms with Gasteiger partial charge in [-0.3, -0.25) is 0 Å². The molecule has 4 aliphatic carbocycles. The predicted octanol–water partition coefficient (Wildman–Crippen LogP) is 5.91. The van der Waals surface area contributed by atoms with Crippen molar-refractivity contribution in [2.24, 2.45) is 11.8 Å². The minimum Gasteiger partial charge on any atom is -0.368 e. The highest BCUT2D eigenvalue weighted by Gasteiger charge is 2.42. The lowest BCUT2D eigenvalue weighted by Crippen LogP contribution is -2.43. The maximum atomic E-state index is 6.34. The third kappa shape index (κ3) is 4.66. The highest BCUT2D eigenvalue weighted by molar-refractivity contribution is 5.68. The molecular formula is C34H40N8. The molecule has 0 saturated heterocycles. The largest absolute Gasteiger partial charge is 0.368 e. The minimum absolute atomic E-state index is 0.294. The van der Waals surface area contributed by atoms with Crippen LogP contribution in [0.1, 0.15) is 67.2 Å². The number of nitrogens with two attached hydrogens (primary N) is 1. The van der Waals surface area contributed by atoms with Gasteiger partial charge in [-0.2, -0.15) is 9.67 Å². The molecule has 4 atom stereocenters. The Labute approximate surface area is 247 Å². The Hall–Kier alpha value is -3.78. The van der Waals surface area contributed by atoms with Crippen LogP contribution < -0.4 is 11.1 Å². The van der Waals surface area contributed by atoms with Crippen LogP contribution in [0.3, 0.4) is 0 Å². The molecule has 0 radical (unpaired) electrons. The van der Waals surface area contributed by atoms with Crippen molar-refractivity contribution in [2.45, 2.75) is 82.7 Å². The van der Waals surface area contributed by atoms with Crippen molar-refractivity contribution in [1.29, 1.82) is 0 Å². The van der Waals surface area contributed by atoms with Crippen LogP contribution in [-0.2, 0) is 25.7 Å². The van der Waals surface area contributed by atoms with Crippen LogP contribution in [0.4, 0.5) is 17.6 Å². The van der Waals surface area contributed by atoms with Crippen LogP contribution in [0.2, 0.25) is 0 Å². The van der Waals surface area contributed by atoms with Gasteiger partial charge < -0.3 is 16.0 Å². The van der Waals surface area contributed by atoms with Crippen LogP contribution in [0, 0.1) is 11.8 Å². The summed E-state index contributed by atoms with van der Waals surface area (Å²) in [5.74, 6) is 3.29. The number of aromatic nitrogens is 5. The van der Waals surface area contributed by atoms with E-state index in [0.29, 0.717) is 23.8 Å². The van der Waals surface area contributed by atoms with E-state index >= 15 is 0 Å². The third-order valence-corrected chi connectivity index (χ3v) is 10.6. The Morgan fingerprint density at radius 2 is 1.71 bits per heavy atom. The zero-order valence-electron chi connectivity index (χ0n) is 24.5. The second kappa shape index (κ2) is 10.5. The summed E-state index contributed by atoms with van der Waals surface area (Å²) in [7, 11) is 2.40. The zero-order chi connectivity index (χ0) is 28.2. The molecule has 0 spiro atoms. The number of hydrogen-bond donors (Lipinski definition) is 2. The average Bonchev–Trinajstić information content (AvgIpc) is 3.66. The maximum Gasteiger partial charge on any atom is 0.248 e. The van der Waals surface area contributed by atoms with Gasteiger partial charge >= 0.3 is 0 Å². The summed E-state index contributed by atoms with van der Waals surface area (Å²) in [6, 6.07) is 18.7. The third-order valence-electron chi connectivity index (χ3n) is 10.6. The van der Waals surface area contributed by atoms with E-state index in [4.69, 9.17) is 5.73 Å². The number of anilines is 3. The molecule has 2 aromatic carbocycles.